The molecule has 0 aromatic rings. The minimum absolute atomic E-state index is 0.0273. The Morgan fingerprint density at radius 2 is 0.517 bits per heavy atom. The first-order valence-electron chi connectivity index (χ1n) is 41.5. The van der Waals surface area contributed by atoms with E-state index in [0.29, 0.717) is 19.4 Å². The van der Waals surface area contributed by atoms with E-state index in [9.17, 15) is 19.8 Å². The predicted octanol–water partition coefficient (Wildman–Crippen LogP) is 27.4. The largest absolute Gasteiger partial charge is 0.466 e. The van der Waals surface area contributed by atoms with Gasteiger partial charge in [-0.15, -0.1) is 0 Å². The molecule has 0 aromatic carbocycles. The molecule has 0 bridgehead atoms. The van der Waals surface area contributed by atoms with Gasteiger partial charge in [0.1, 0.15) is 0 Å². The van der Waals surface area contributed by atoms with Gasteiger partial charge in [-0.1, -0.05) is 450 Å². The topological polar surface area (TPSA) is 95.9 Å². The molecule has 6 nitrogen and oxygen atoms in total. The van der Waals surface area contributed by atoms with E-state index >= 15 is 0 Å². The van der Waals surface area contributed by atoms with E-state index in [0.717, 1.165) is 38.5 Å². The molecule has 0 saturated carbocycles. The van der Waals surface area contributed by atoms with Crippen LogP contribution < -0.4 is 5.32 Å². The van der Waals surface area contributed by atoms with E-state index in [4.69, 9.17) is 4.74 Å². The summed E-state index contributed by atoms with van der Waals surface area (Å²) in [6.45, 7) is 4.97. The molecule has 0 saturated heterocycles. The zero-order chi connectivity index (χ0) is 64.2. The number of aliphatic hydroxyl groups is 2. The van der Waals surface area contributed by atoms with Crippen molar-refractivity contribution >= 4 is 11.9 Å². The number of esters is 1. The highest BCUT2D eigenvalue weighted by atomic mass is 16.5. The molecule has 3 N–H and O–H groups in total. The lowest BCUT2D eigenvalue weighted by molar-refractivity contribution is -0.143. The molecule has 2 unspecified atom stereocenters. The third-order valence-corrected chi connectivity index (χ3v) is 19.8. The maximum atomic E-state index is 12.5. The Kier molecular flexibility index (Phi) is 77.8. The van der Waals surface area contributed by atoms with Crippen LogP contribution in [0, 0.1) is 0 Å². The summed E-state index contributed by atoms with van der Waals surface area (Å²) in [6, 6.07) is -0.623. The van der Waals surface area contributed by atoms with Crippen molar-refractivity contribution < 1.29 is 24.5 Å². The molecule has 0 radical (unpaired) electrons. The lowest BCUT2D eigenvalue weighted by Gasteiger charge is -2.20. The van der Waals surface area contributed by atoms with Crippen molar-refractivity contribution in [2.45, 2.75) is 495 Å². The van der Waals surface area contributed by atoms with Crippen LogP contribution in [0.15, 0.2) is 12.2 Å². The summed E-state index contributed by atoms with van der Waals surface area (Å²) >= 11 is 0. The average molecular weight is 1260 g/mol. The summed E-state index contributed by atoms with van der Waals surface area (Å²) < 4.78 is 5.51. The molecule has 1 amide bonds. The third-order valence-electron chi connectivity index (χ3n) is 19.8. The molecule has 0 rings (SSSR count). The summed E-state index contributed by atoms with van der Waals surface area (Å²) in [5, 5.41) is 23.3. The Morgan fingerprint density at radius 1 is 0.303 bits per heavy atom. The van der Waals surface area contributed by atoms with Crippen molar-refractivity contribution in [1.29, 1.82) is 0 Å². The maximum Gasteiger partial charge on any atom is 0.305 e. The number of aliphatic hydroxyl groups excluding tert-OH is 2. The van der Waals surface area contributed by atoms with E-state index < -0.39 is 12.1 Å². The fraction of sp³-hybridized carbons (Fsp3) is 0.952. The minimum atomic E-state index is -0.840. The molecule has 2 atom stereocenters. The Hall–Kier alpha value is -1.40. The molecule has 0 aliphatic heterocycles. The van der Waals surface area contributed by atoms with Crippen molar-refractivity contribution in [1.82, 2.24) is 5.32 Å². The molecular formula is C83H163NO5. The van der Waals surface area contributed by atoms with Crippen molar-refractivity contribution in [3.05, 3.63) is 12.2 Å². The van der Waals surface area contributed by atoms with Crippen molar-refractivity contribution in [3.8, 4) is 0 Å². The van der Waals surface area contributed by atoms with Crippen LogP contribution in [0.4, 0.5) is 0 Å². The fourth-order valence-electron chi connectivity index (χ4n) is 13.5. The van der Waals surface area contributed by atoms with Crippen LogP contribution in [0.2, 0.25) is 0 Å². The first kappa shape index (κ1) is 87.6. The van der Waals surface area contributed by atoms with Gasteiger partial charge in [-0.3, -0.25) is 9.59 Å². The summed E-state index contributed by atoms with van der Waals surface area (Å²) in [7, 11) is 0. The van der Waals surface area contributed by atoms with Gasteiger partial charge in [-0.25, -0.2) is 0 Å². The molecule has 0 spiro atoms. The monoisotopic (exact) mass is 1250 g/mol. The Balaban J connectivity index is 3.30. The van der Waals surface area contributed by atoms with Crippen molar-refractivity contribution in [3.63, 3.8) is 0 Å². The van der Waals surface area contributed by atoms with Crippen LogP contribution in [0.25, 0.3) is 0 Å². The zero-order valence-electron chi connectivity index (χ0n) is 61.0. The summed E-state index contributed by atoms with van der Waals surface area (Å²) in [6.07, 6.45) is 101. The van der Waals surface area contributed by atoms with Gasteiger partial charge >= 0.3 is 5.97 Å². The molecule has 0 aliphatic carbocycles. The lowest BCUT2D eigenvalue weighted by atomic mass is 10.0. The second-order valence-electron chi connectivity index (χ2n) is 28.8. The van der Waals surface area contributed by atoms with E-state index in [1.165, 1.54) is 417 Å². The third kappa shape index (κ3) is 75.5. The molecule has 530 valence electrons. The number of rotatable bonds is 79. The number of carbonyl (C=O) groups is 2. The fourth-order valence-corrected chi connectivity index (χ4v) is 13.5. The van der Waals surface area contributed by atoms with Crippen LogP contribution in [0.5, 0.6) is 0 Å². The summed E-state index contributed by atoms with van der Waals surface area (Å²) in [4.78, 5) is 24.6. The van der Waals surface area contributed by atoms with Gasteiger partial charge in [0, 0.05) is 12.8 Å². The Labute approximate surface area is 559 Å². The number of ether oxygens (including phenoxy) is 1. The molecule has 6 heteroatoms. The van der Waals surface area contributed by atoms with E-state index in [1.807, 2.05) is 6.08 Å². The summed E-state index contributed by atoms with van der Waals surface area (Å²) in [5.41, 5.74) is 0. The van der Waals surface area contributed by atoms with Crippen LogP contribution in [-0.2, 0) is 14.3 Å². The molecule has 0 heterocycles. The van der Waals surface area contributed by atoms with Crippen LogP contribution in [0.1, 0.15) is 483 Å². The van der Waals surface area contributed by atoms with E-state index in [1.54, 1.807) is 6.08 Å². The molecular weight excluding hydrogens is 1090 g/mol. The number of nitrogens with one attached hydrogen (secondary N) is 1. The van der Waals surface area contributed by atoms with E-state index in [2.05, 4.69) is 19.2 Å². The van der Waals surface area contributed by atoms with Gasteiger partial charge in [0.2, 0.25) is 5.91 Å². The zero-order valence-corrected chi connectivity index (χ0v) is 61.0. The number of carbonyl (C=O) groups excluding carboxylic acids is 2. The van der Waals surface area contributed by atoms with Gasteiger partial charge in [0.15, 0.2) is 0 Å². The van der Waals surface area contributed by atoms with Crippen molar-refractivity contribution in [2.75, 3.05) is 13.2 Å². The average Bonchev–Trinajstić information content (AvgIpc) is 3.62. The number of allylic oxidation sites excluding steroid dienone is 1. The first-order valence-corrected chi connectivity index (χ1v) is 41.5. The molecule has 89 heavy (non-hydrogen) atoms. The lowest BCUT2D eigenvalue weighted by Crippen LogP contribution is -2.45. The SMILES string of the molecule is CCCCCCCCCCCCCCCCCCC/C=C/C(O)C(CO)NC(=O)CCCCCCCCCCCCCCCCCCCCCCCCCCCCCCCCCCCCCCCCCOC(=O)CCCCCCCCCCCCCCCC. The predicted molar refractivity (Wildman–Crippen MR) is 394 cm³/mol. The van der Waals surface area contributed by atoms with Gasteiger partial charge in [-0.05, 0) is 32.1 Å². The van der Waals surface area contributed by atoms with Gasteiger partial charge < -0.3 is 20.3 Å². The number of unbranched alkanes of at least 4 members (excludes halogenated alkanes) is 68. The Bertz CT molecular complexity index is 1350. The smallest absolute Gasteiger partial charge is 0.305 e. The highest BCUT2D eigenvalue weighted by molar-refractivity contribution is 5.76. The number of hydrogen-bond donors (Lipinski definition) is 3. The molecule has 0 aromatic heterocycles. The van der Waals surface area contributed by atoms with Gasteiger partial charge in [-0.2, -0.15) is 0 Å². The summed E-state index contributed by atoms with van der Waals surface area (Å²) in [5.74, 6) is -0.0296. The van der Waals surface area contributed by atoms with Gasteiger partial charge in [0.05, 0.1) is 25.4 Å². The highest BCUT2D eigenvalue weighted by Crippen LogP contribution is 2.21. The Morgan fingerprint density at radius 3 is 0.764 bits per heavy atom. The van der Waals surface area contributed by atoms with E-state index in [-0.39, 0.29) is 18.5 Å². The van der Waals surface area contributed by atoms with Crippen LogP contribution in [0.3, 0.4) is 0 Å². The number of amides is 1. The normalized spacial score (nSPS) is 12.4. The van der Waals surface area contributed by atoms with Crippen LogP contribution in [-0.4, -0.2) is 47.4 Å². The second kappa shape index (κ2) is 79.0. The molecule has 0 fully saturated rings. The van der Waals surface area contributed by atoms with Crippen LogP contribution >= 0.6 is 0 Å². The highest BCUT2D eigenvalue weighted by Gasteiger charge is 2.18. The second-order valence-corrected chi connectivity index (χ2v) is 28.8. The standard InChI is InChI=1S/C83H163NO5/c1-3-5-7-9-11-13-15-17-19-20-42-45-48-51-55-59-63-67-71-75-81(86)80(79-85)84-82(87)76-72-68-64-60-56-52-49-46-43-40-38-36-34-32-30-28-26-24-22-21-23-25-27-29-31-33-35-37-39-41-44-47-50-54-58-62-66-70-74-78-89-83(88)77-73-69-65-61-57-53-18-16-14-12-10-8-6-4-2/h71,75,80-81,85-86H,3-70,72-74,76-79H2,1-2H3,(H,84,87)/b75-71+. The molecule has 0 aliphatic rings. The van der Waals surface area contributed by atoms with Gasteiger partial charge in [0.25, 0.3) is 0 Å². The van der Waals surface area contributed by atoms with Crippen molar-refractivity contribution in [2.24, 2.45) is 0 Å². The minimum Gasteiger partial charge on any atom is -0.466 e. The first-order chi connectivity index (χ1) is 44.0. The number of hydrogen-bond acceptors (Lipinski definition) is 5. The quantitative estimate of drug-likeness (QED) is 0.0320. The maximum absolute atomic E-state index is 12.5.